The van der Waals surface area contributed by atoms with Crippen LogP contribution in [0.15, 0.2) is 41.7 Å². The second-order valence-corrected chi connectivity index (χ2v) is 5.99. The minimum Gasteiger partial charge on any atom is -0.357 e. The number of nitrogens with zero attached hydrogens (tertiary/aromatic N) is 4. The smallest absolute Gasteiger partial charge is 0.191 e. The normalized spacial score (nSPS) is 15.5. The average Bonchev–Trinajstić information content (AvgIpc) is 3.27. The fraction of sp³-hybridized carbons (Fsp3) is 0.471. The Morgan fingerprint density at radius 2 is 2.00 bits per heavy atom. The predicted octanol–water partition coefficient (Wildman–Crippen LogP) is 2.22. The minimum absolute atomic E-state index is 0. The fourth-order valence-corrected chi connectivity index (χ4v) is 2.72. The second-order valence-electron chi connectivity index (χ2n) is 5.99. The Bertz CT molecular complexity index is 663. The van der Waals surface area contributed by atoms with Crippen LogP contribution in [0.5, 0.6) is 0 Å². The molecule has 6 nitrogen and oxygen atoms in total. The van der Waals surface area contributed by atoms with Crippen molar-refractivity contribution in [2.45, 2.75) is 31.7 Å². The zero-order valence-corrected chi connectivity index (χ0v) is 16.5. The van der Waals surface area contributed by atoms with Crippen LogP contribution in [0.1, 0.15) is 31.2 Å². The van der Waals surface area contributed by atoms with Crippen molar-refractivity contribution < 1.29 is 0 Å². The van der Waals surface area contributed by atoms with Crippen LogP contribution in [0.3, 0.4) is 0 Å². The number of hydrogen-bond acceptors (Lipinski definition) is 3. The highest BCUT2D eigenvalue weighted by Gasteiger charge is 2.43. The Kier molecular flexibility index (Phi) is 6.59. The molecule has 0 atom stereocenters. The van der Waals surface area contributed by atoms with E-state index in [2.05, 4.69) is 63.0 Å². The number of nitrogens with one attached hydrogen (secondary N) is 2. The number of rotatable bonds is 6. The third kappa shape index (κ3) is 4.46. The first-order valence-electron chi connectivity index (χ1n) is 8.14. The number of hydrogen-bond donors (Lipinski definition) is 2. The predicted molar refractivity (Wildman–Crippen MR) is 107 cm³/mol. The van der Waals surface area contributed by atoms with Crippen LogP contribution in [0.2, 0.25) is 0 Å². The van der Waals surface area contributed by atoms with Gasteiger partial charge in [0.1, 0.15) is 18.7 Å². The van der Waals surface area contributed by atoms with E-state index < -0.39 is 0 Å². The van der Waals surface area contributed by atoms with Crippen molar-refractivity contribution in [1.82, 2.24) is 25.4 Å². The van der Waals surface area contributed by atoms with Crippen molar-refractivity contribution >= 4 is 29.9 Å². The lowest BCUT2D eigenvalue weighted by Gasteiger charge is -2.19. The zero-order valence-electron chi connectivity index (χ0n) is 14.2. The molecule has 1 heterocycles. The lowest BCUT2D eigenvalue weighted by Crippen LogP contribution is -2.41. The largest absolute Gasteiger partial charge is 0.357 e. The molecule has 2 aromatic rings. The number of aliphatic imine (C=N–C) groups is 1. The molecule has 7 heteroatoms. The van der Waals surface area contributed by atoms with Crippen LogP contribution in [-0.2, 0) is 19.0 Å². The molecular formula is C17H25IN6. The molecule has 1 aliphatic carbocycles. The van der Waals surface area contributed by atoms with Gasteiger partial charge in [-0.2, -0.15) is 5.10 Å². The minimum atomic E-state index is 0. The molecule has 3 rings (SSSR count). The van der Waals surface area contributed by atoms with Gasteiger partial charge in [0.05, 0.1) is 0 Å². The van der Waals surface area contributed by atoms with Gasteiger partial charge in [-0.1, -0.05) is 30.3 Å². The Morgan fingerprint density at radius 1 is 1.25 bits per heavy atom. The molecule has 0 saturated heterocycles. The Hall–Kier alpha value is -1.64. The highest BCUT2D eigenvalue weighted by molar-refractivity contribution is 14.0. The van der Waals surface area contributed by atoms with Gasteiger partial charge in [0, 0.05) is 25.6 Å². The van der Waals surface area contributed by atoms with Gasteiger partial charge in [-0.25, -0.2) is 9.98 Å². The van der Waals surface area contributed by atoms with E-state index in [1.54, 1.807) is 11.0 Å². The van der Waals surface area contributed by atoms with Crippen LogP contribution in [0.4, 0.5) is 0 Å². The fourth-order valence-electron chi connectivity index (χ4n) is 2.72. The van der Waals surface area contributed by atoms with Crippen molar-refractivity contribution in [3.05, 3.63) is 48.0 Å². The summed E-state index contributed by atoms with van der Waals surface area (Å²) < 4.78 is 1.75. The molecule has 130 valence electrons. The van der Waals surface area contributed by atoms with Crippen molar-refractivity contribution in [2.24, 2.45) is 12.0 Å². The Labute approximate surface area is 160 Å². The van der Waals surface area contributed by atoms with Crippen LogP contribution in [-0.4, -0.2) is 33.8 Å². The maximum absolute atomic E-state index is 4.61. The van der Waals surface area contributed by atoms with E-state index in [9.17, 15) is 0 Å². The topological polar surface area (TPSA) is 67.1 Å². The molecule has 24 heavy (non-hydrogen) atoms. The van der Waals surface area contributed by atoms with Crippen molar-refractivity contribution in [1.29, 1.82) is 0 Å². The van der Waals surface area contributed by atoms with Crippen LogP contribution in [0, 0.1) is 0 Å². The van der Waals surface area contributed by atoms with Crippen LogP contribution in [0.25, 0.3) is 0 Å². The third-order valence-corrected chi connectivity index (χ3v) is 4.36. The van der Waals surface area contributed by atoms with Gasteiger partial charge < -0.3 is 10.6 Å². The molecular weight excluding hydrogens is 415 g/mol. The van der Waals surface area contributed by atoms with Crippen molar-refractivity contribution in [3.8, 4) is 0 Å². The van der Waals surface area contributed by atoms with Gasteiger partial charge in [0.25, 0.3) is 0 Å². The first kappa shape index (κ1) is 18.7. The quantitative estimate of drug-likeness (QED) is 0.411. The van der Waals surface area contributed by atoms with Gasteiger partial charge in [0.15, 0.2) is 5.96 Å². The maximum atomic E-state index is 4.61. The summed E-state index contributed by atoms with van der Waals surface area (Å²) >= 11 is 0. The number of aryl methyl sites for hydroxylation is 1. The highest BCUT2D eigenvalue weighted by atomic mass is 127. The summed E-state index contributed by atoms with van der Waals surface area (Å²) in [4.78, 5) is 8.82. The zero-order chi connectivity index (χ0) is 16.1. The van der Waals surface area contributed by atoms with Crippen LogP contribution < -0.4 is 10.6 Å². The van der Waals surface area contributed by atoms with E-state index in [-0.39, 0.29) is 29.4 Å². The molecule has 2 N–H and O–H groups in total. The average molecular weight is 440 g/mol. The van der Waals surface area contributed by atoms with Gasteiger partial charge >= 0.3 is 0 Å². The molecule has 1 saturated carbocycles. The first-order valence-corrected chi connectivity index (χ1v) is 8.14. The lowest BCUT2D eigenvalue weighted by atomic mass is 9.96. The molecule has 0 spiro atoms. The summed E-state index contributed by atoms with van der Waals surface area (Å²) in [5.74, 6) is 1.68. The third-order valence-electron chi connectivity index (χ3n) is 4.36. The molecule has 0 unspecified atom stereocenters. The molecule has 0 aliphatic heterocycles. The van der Waals surface area contributed by atoms with Crippen molar-refractivity contribution in [2.75, 3.05) is 13.1 Å². The summed E-state index contributed by atoms with van der Waals surface area (Å²) in [5, 5.41) is 10.9. The van der Waals surface area contributed by atoms with Gasteiger partial charge in [-0.05, 0) is 25.3 Å². The monoisotopic (exact) mass is 440 g/mol. The Morgan fingerprint density at radius 3 is 2.58 bits per heavy atom. The van der Waals surface area contributed by atoms with E-state index >= 15 is 0 Å². The number of benzene rings is 1. The molecule has 1 fully saturated rings. The number of halogens is 1. The van der Waals surface area contributed by atoms with Crippen LogP contribution >= 0.6 is 24.0 Å². The van der Waals surface area contributed by atoms with E-state index in [1.165, 1.54) is 18.4 Å². The molecule has 0 amide bonds. The first-order chi connectivity index (χ1) is 11.2. The van der Waals surface area contributed by atoms with Crippen molar-refractivity contribution in [3.63, 3.8) is 0 Å². The summed E-state index contributed by atoms with van der Waals surface area (Å²) in [7, 11) is 1.88. The number of aromatic nitrogens is 3. The van der Waals surface area contributed by atoms with E-state index in [0.717, 1.165) is 24.9 Å². The second kappa shape index (κ2) is 8.46. The highest BCUT2D eigenvalue weighted by Crippen LogP contribution is 2.47. The van der Waals surface area contributed by atoms with E-state index in [4.69, 9.17) is 0 Å². The van der Waals surface area contributed by atoms with Gasteiger partial charge in [0.2, 0.25) is 0 Å². The van der Waals surface area contributed by atoms with E-state index in [0.29, 0.717) is 6.54 Å². The van der Waals surface area contributed by atoms with Gasteiger partial charge in [-0.15, -0.1) is 24.0 Å². The summed E-state index contributed by atoms with van der Waals surface area (Å²) in [6, 6.07) is 10.7. The molecule has 1 aliphatic rings. The summed E-state index contributed by atoms with van der Waals surface area (Å²) in [6.45, 7) is 4.33. The molecule has 0 radical (unpaired) electrons. The van der Waals surface area contributed by atoms with E-state index in [1.807, 2.05) is 7.05 Å². The summed E-state index contributed by atoms with van der Waals surface area (Å²) in [5.41, 5.74) is 1.68. The molecule has 0 bridgehead atoms. The molecule has 1 aromatic carbocycles. The maximum Gasteiger partial charge on any atom is 0.191 e. The SMILES string of the molecule is CCNC(=NCc1ncnn1C)NCC1(c2ccccc2)CC1.I. The lowest BCUT2D eigenvalue weighted by molar-refractivity contribution is 0.643. The van der Waals surface area contributed by atoms with Gasteiger partial charge in [-0.3, -0.25) is 4.68 Å². The standard InChI is InChI=1S/C17H24N6.HI/c1-3-18-16(19-11-15-21-13-22-23(15)2)20-12-17(9-10-17)14-7-5-4-6-8-14;/h4-8,13H,3,9-12H2,1-2H3,(H2,18,19,20);1H. The summed E-state index contributed by atoms with van der Waals surface area (Å²) in [6.07, 6.45) is 4.01. The molecule has 1 aromatic heterocycles. The number of guanidine groups is 1. The Balaban J connectivity index is 0.00000208.